The molecule has 0 radical (unpaired) electrons. The van der Waals surface area contributed by atoms with Crippen LogP contribution in [0.2, 0.25) is 0 Å². The van der Waals surface area contributed by atoms with Gasteiger partial charge in [0.05, 0.1) is 19.7 Å². The Morgan fingerprint density at radius 1 is 1.47 bits per heavy atom. The van der Waals surface area contributed by atoms with E-state index in [1.807, 2.05) is 6.08 Å². The van der Waals surface area contributed by atoms with Crippen molar-refractivity contribution in [1.29, 1.82) is 0 Å². The zero-order valence-corrected chi connectivity index (χ0v) is 17.3. The van der Waals surface area contributed by atoms with Crippen LogP contribution in [0.1, 0.15) is 26.2 Å². The normalized spacial score (nSPS) is 16.2. The lowest BCUT2D eigenvalue weighted by Crippen LogP contribution is -2.30. The summed E-state index contributed by atoms with van der Waals surface area (Å²) in [7, 11) is 1.79. The molecule has 1 atom stereocenters. The molecule has 3 rings (SSSR count). The molecule has 0 saturated heterocycles. The summed E-state index contributed by atoms with van der Waals surface area (Å²) in [5.74, 6) is -0.432. The lowest BCUT2D eigenvalue weighted by Gasteiger charge is -2.22. The molecule has 1 aliphatic rings. The van der Waals surface area contributed by atoms with Crippen LogP contribution in [-0.2, 0) is 11.3 Å². The van der Waals surface area contributed by atoms with Crippen molar-refractivity contribution in [3.05, 3.63) is 34.3 Å². The molecule has 0 amide bonds. The van der Waals surface area contributed by atoms with Gasteiger partial charge in [0, 0.05) is 6.54 Å². The summed E-state index contributed by atoms with van der Waals surface area (Å²) >= 11 is 0. The summed E-state index contributed by atoms with van der Waals surface area (Å²) in [6.07, 6.45) is 8.72. The number of aromatic amines is 1. The topological polar surface area (TPSA) is 139 Å². The number of carboxylic acids is 1. The molecule has 4 N–H and O–H groups in total. The fourth-order valence-electron chi connectivity index (χ4n) is 3.39. The van der Waals surface area contributed by atoms with E-state index in [9.17, 15) is 9.59 Å². The third kappa shape index (κ3) is 5.26. The van der Waals surface area contributed by atoms with Crippen LogP contribution in [0.3, 0.4) is 0 Å². The number of anilines is 1. The first-order valence-electron chi connectivity index (χ1n) is 10.0. The first kappa shape index (κ1) is 21.6. The molecule has 1 aliphatic carbocycles. The van der Waals surface area contributed by atoms with Crippen LogP contribution in [-0.4, -0.2) is 62.2 Å². The van der Waals surface area contributed by atoms with Gasteiger partial charge in [0.15, 0.2) is 11.5 Å². The number of nitrogens with zero attached hydrogens (tertiary/aromatic N) is 4. The number of rotatable bonds is 10. The van der Waals surface area contributed by atoms with Gasteiger partial charge in [0.1, 0.15) is 5.52 Å². The van der Waals surface area contributed by atoms with Gasteiger partial charge < -0.3 is 20.6 Å². The Bertz CT molecular complexity index is 1020. The summed E-state index contributed by atoms with van der Waals surface area (Å²) in [6.45, 7) is 3.56. The van der Waals surface area contributed by atoms with Crippen LogP contribution in [0.15, 0.2) is 28.6 Å². The molecule has 0 aromatic carbocycles. The Labute approximate surface area is 174 Å². The molecular weight excluding hydrogens is 388 g/mol. The number of hydrogen-bond donors (Lipinski definition) is 3. The second-order valence-electron chi connectivity index (χ2n) is 7.53. The zero-order valence-electron chi connectivity index (χ0n) is 17.3. The van der Waals surface area contributed by atoms with Gasteiger partial charge in [0.2, 0.25) is 0 Å². The SMILES string of the molecule is CCCCOc1nc(N)c2[nH]c(=O)n(CC3=CCC(CN(C)CC(=O)O)C=C3)c2n1. The first-order chi connectivity index (χ1) is 14.4. The van der Waals surface area contributed by atoms with E-state index in [1.165, 1.54) is 4.57 Å². The second-order valence-corrected chi connectivity index (χ2v) is 7.53. The van der Waals surface area contributed by atoms with Gasteiger partial charge >= 0.3 is 17.7 Å². The van der Waals surface area contributed by atoms with Crippen LogP contribution < -0.4 is 16.2 Å². The van der Waals surface area contributed by atoms with Gasteiger partial charge in [-0.15, -0.1) is 0 Å². The third-order valence-corrected chi connectivity index (χ3v) is 4.92. The Morgan fingerprint density at radius 3 is 2.93 bits per heavy atom. The lowest BCUT2D eigenvalue weighted by molar-refractivity contribution is -0.138. The van der Waals surface area contributed by atoms with Crippen LogP contribution in [0.25, 0.3) is 11.2 Å². The summed E-state index contributed by atoms with van der Waals surface area (Å²) < 4.78 is 7.08. The predicted molar refractivity (Wildman–Crippen MR) is 113 cm³/mol. The molecular formula is C20H28N6O4. The minimum absolute atomic E-state index is 0.00936. The Balaban J connectivity index is 1.73. The van der Waals surface area contributed by atoms with Crippen molar-refractivity contribution in [2.75, 3.05) is 32.5 Å². The maximum atomic E-state index is 12.5. The number of unbranched alkanes of at least 4 members (excludes halogenated alkanes) is 1. The molecule has 2 aromatic rings. The minimum atomic E-state index is -0.841. The number of aliphatic carboxylic acids is 1. The molecule has 0 bridgehead atoms. The molecule has 0 saturated carbocycles. The third-order valence-electron chi connectivity index (χ3n) is 4.92. The number of aromatic nitrogens is 4. The minimum Gasteiger partial charge on any atom is -0.480 e. The molecule has 30 heavy (non-hydrogen) atoms. The number of carbonyl (C=O) groups is 1. The Morgan fingerprint density at radius 2 is 2.27 bits per heavy atom. The highest BCUT2D eigenvalue weighted by Crippen LogP contribution is 2.21. The van der Waals surface area contributed by atoms with Crippen molar-refractivity contribution in [1.82, 2.24) is 24.4 Å². The molecule has 2 heterocycles. The lowest BCUT2D eigenvalue weighted by atomic mass is 9.96. The number of nitrogens with two attached hydrogens (primary N) is 1. The highest BCUT2D eigenvalue weighted by Gasteiger charge is 2.17. The average Bonchev–Trinajstić information content (AvgIpc) is 2.99. The average molecular weight is 416 g/mol. The quantitative estimate of drug-likeness (QED) is 0.494. The molecule has 0 spiro atoms. The van der Waals surface area contributed by atoms with Crippen LogP contribution in [0.4, 0.5) is 5.82 Å². The van der Waals surface area contributed by atoms with Gasteiger partial charge in [0.25, 0.3) is 0 Å². The summed E-state index contributed by atoms with van der Waals surface area (Å²) in [6, 6.07) is 0.163. The largest absolute Gasteiger partial charge is 0.480 e. The maximum absolute atomic E-state index is 12.5. The Kier molecular flexibility index (Phi) is 6.88. The van der Waals surface area contributed by atoms with Crippen molar-refractivity contribution in [3.8, 4) is 6.01 Å². The number of carboxylic acid groups (broad SMARTS) is 1. The van der Waals surface area contributed by atoms with E-state index < -0.39 is 5.97 Å². The molecule has 162 valence electrons. The monoisotopic (exact) mass is 416 g/mol. The van der Waals surface area contributed by atoms with Crippen molar-refractivity contribution in [2.45, 2.75) is 32.7 Å². The zero-order chi connectivity index (χ0) is 21.7. The Hall–Kier alpha value is -3.14. The fourth-order valence-corrected chi connectivity index (χ4v) is 3.39. The van der Waals surface area contributed by atoms with Gasteiger partial charge in [-0.25, -0.2) is 4.79 Å². The van der Waals surface area contributed by atoms with Gasteiger partial charge in [-0.1, -0.05) is 31.6 Å². The summed E-state index contributed by atoms with van der Waals surface area (Å²) in [5.41, 5.74) is 7.46. The van der Waals surface area contributed by atoms with Crippen molar-refractivity contribution >= 4 is 23.0 Å². The van der Waals surface area contributed by atoms with E-state index in [4.69, 9.17) is 15.6 Å². The fraction of sp³-hybridized carbons (Fsp3) is 0.500. The second kappa shape index (κ2) is 9.57. The highest BCUT2D eigenvalue weighted by atomic mass is 16.5. The molecule has 1 unspecified atom stereocenters. The van der Waals surface area contributed by atoms with Crippen LogP contribution >= 0.6 is 0 Å². The number of H-pyrrole nitrogens is 1. The standard InChI is InChI=1S/C20H28N6O4/c1-3-4-9-30-19-23-17(21)16-18(24-19)26(20(29)22-16)11-14-7-5-13(6-8-14)10-25(2)12-15(27)28/h5,7-8,13H,3-4,6,9-12H2,1-2H3,(H,22,29)(H,27,28)(H2,21,23,24). The number of nitrogens with one attached hydrogen (secondary N) is 1. The number of nitrogen functional groups attached to an aromatic ring is 1. The van der Waals surface area contributed by atoms with E-state index in [1.54, 1.807) is 11.9 Å². The number of ether oxygens (including phenoxy) is 1. The maximum Gasteiger partial charge on any atom is 0.328 e. The predicted octanol–water partition coefficient (Wildman–Crippen LogP) is 1.40. The van der Waals surface area contributed by atoms with E-state index in [0.717, 1.165) is 24.8 Å². The van der Waals surface area contributed by atoms with Crippen molar-refractivity contribution < 1.29 is 14.6 Å². The van der Waals surface area contributed by atoms with Gasteiger partial charge in [-0.3, -0.25) is 14.3 Å². The molecule has 10 nitrogen and oxygen atoms in total. The number of hydrogen-bond acceptors (Lipinski definition) is 7. The van der Waals surface area contributed by atoms with E-state index in [0.29, 0.717) is 30.9 Å². The van der Waals surface area contributed by atoms with Crippen molar-refractivity contribution in [2.24, 2.45) is 5.92 Å². The van der Waals surface area contributed by atoms with Gasteiger partial charge in [-0.05, 0) is 31.4 Å². The van der Waals surface area contributed by atoms with Crippen LogP contribution in [0.5, 0.6) is 6.01 Å². The summed E-state index contributed by atoms with van der Waals surface area (Å²) in [4.78, 5) is 36.3. The summed E-state index contributed by atoms with van der Waals surface area (Å²) in [5, 5.41) is 8.88. The number of imidazole rings is 1. The van der Waals surface area contributed by atoms with E-state index in [-0.39, 0.29) is 30.0 Å². The van der Waals surface area contributed by atoms with Gasteiger partial charge in [-0.2, -0.15) is 9.97 Å². The smallest absolute Gasteiger partial charge is 0.328 e. The number of fused-ring (bicyclic) bond motifs is 1. The van der Waals surface area contributed by atoms with Crippen LogP contribution in [0, 0.1) is 5.92 Å². The van der Waals surface area contributed by atoms with Crippen molar-refractivity contribution in [3.63, 3.8) is 0 Å². The molecule has 10 heteroatoms. The first-order valence-corrected chi connectivity index (χ1v) is 10.0. The molecule has 2 aromatic heterocycles. The number of allylic oxidation sites excluding steroid dienone is 3. The molecule has 0 fully saturated rings. The van der Waals surface area contributed by atoms with E-state index >= 15 is 0 Å². The molecule has 0 aliphatic heterocycles. The highest BCUT2D eigenvalue weighted by molar-refractivity contribution is 5.82. The van der Waals surface area contributed by atoms with E-state index in [2.05, 4.69) is 34.0 Å². The number of likely N-dealkylation sites (N-methyl/N-ethyl adjacent to an activating group) is 1.